The zero-order chi connectivity index (χ0) is 13.1. The molecule has 0 atom stereocenters. The summed E-state index contributed by atoms with van der Waals surface area (Å²) < 4.78 is 31.6. The molecule has 0 aromatic carbocycles. The molecule has 0 fully saturated rings. The van der Waals surface area contributed by atoms with Crippen molar-refractivity contribution in [2.24, 2.45) is 0 Å². The molecule has 1 heterocycles. The molecule has 0 saturated carbocycles. The van der Waals surface area contributed by atoms with Gasteiger partial charge >= 0.3 is 6.16 Å². The average Bonchev–Trinajstić information content (AvgIpc) is 2.20. The maximum Gasteiger partial charge on any atom is 0.515 e. The van der Waals surface area contributed by atoms with Gasteiger partial charge in [0, 0.05) is 12.5 Å². The second-order valence-corrected chi connectivity index (χ2v) is 5.44. The van der Waals surface area contributed by atoms with Gasteiger partial charge in [-0.25, -0.2) is 18.2 Å². The minimum atomic E-state index is -3.40. The Morgan fingerprint density at radius 2 is 2.18 bits per heavy atom. The lowest BCUT2D eigenvalue weighted by atomic mass is 10.5. The molecule has 1 aromatic rings. The Hall–Kier alpha value is -1.34. The van der Waals surface area contributed by atoms with Gasteiger partial charge in [0.1, 0.15) is 5.02 Å². The van der Waals surface area contributed by atoms with E-state index in [1.807, 2.05) is 0 Å². The van der Waals surface area contributed by atoms with Crippen molar-refractivity contribution < 1.29 is 22.7 Å². The summed E-state index contributed by atoms with van der Waals surface area (Å²) in [7, 11) is -3.40. The third-order valence-electron chi connectivity index (χ3n) is 1.65. The maximum absolute atomic E-state index is 11.2. The summed E-state index contributed by atoms with van der Waals surface area (Å²) in [5.41, 5.74) is 0. The molecule has 1 rings (SSSR count). The first kappa shape index (κ1) is 13.7. The number of carbonyl (C=O) groups is 1. The van der Waals surface area contributed by atoms with E-state index in [1.54, 1.807) is 6.92 Å². The van der Waals surface area contributed by atoms with Gasteiger partial charge in [0.25, 0.3) is 0 Å². The van der Waals surface area contributed by atoms with Gasteiger partial charge in [-0.15, -0.1) is 0 Å². The van der Waals surface area contributed by atoms with Crippen LogP contribution in [0.5, 0.6) is 5.88 Å². The van der Waals surface area contributed by atoms with Crippen LogP contribution in [0.25, 0.3) is 0 Å². The summed E-state index contributed by atoms with van der Waals surface area (Å²) in [6, 6.07) is 1.15. The summed E-state index contributed by atoms with van der Waals surface area (Å²) in [5.74, 6) is -0.197. The minimum absolute atomic E-state index is 0.0568. The van der Waals surface area contributed by atoms with Crippen molar-refractivity contribution in [1.82, 2.24) is 4.98 Å². The number of halogens is 1. The van der Waals surface area contributed by atoms with Gasteiger partial charge < -0.3 is 9.47 Å². The molecule has 0 radical (unpaired) electrons. The Balaban J connectivity index is 2.95. The summed E-state index contributed by atoms with van der Waals surface area (Å²) in [6.07, 6.45) is 1.12. The zero-order valence-electron chi connectivity index (χ0n) is 9.14. The van der Waals surface area contributed by atoms with E-state index >= 15 is 0 Å². The molecule has 0 saturated heterocycles. The van der Waals surface area contributed by atoms with Gasteiger partial charge in [0.05, 0.1) is 11.5 Å². The van der Waals surface area contributed by atoms with Crippen molar-refractivity contribution in [1.29, 1.82) is 0 Å². The fourth-order valence-corrected chi connectivity index (χ4v) is 1.76. The second-order valence-electron chi connectivity index (χ2n) is 3.02. The molecular weight excluding hydrogens is 270 g/mol. The number of ether oxygens (including phenoxy) is 2. The van der Waals surface area contributed by atoms with Crippen molar-refractivity contribution >= 4 is 27.6 Å². The standard InChI is InChI=1S/C9H10ClNO5S/c1-3-15-9(12)16-8-7(10)4-6(5-11-8)17(2,13)14/h4-5H,3H2,1-2H3. The Bertz CT molecular complexity index is 528. The number of hydrogen-bond donors (Lipinski definition) is 0. The first-order valence-corrected chi connectivity index (χ1v) is 6.81. The van der Waals surface area contributed by atoms with Crippen LogP contribution in [0.2, 0.25) is 5.02 Å². The second kappa shape index (κ2) is 5.33. The highest BCUT2D eigenvalue weighted by Gasteiger charge is 2.14. The number of hydrogen-bond acceptors (Lipinski definition) is 6. The summed E-state index contributed by atoms with van der Waals surface area (Å²) in [4.78, 5) is 14.6. The van der Waals surface area contributed by atoms with E-state index in [1.165, 1.54) is 0 Å². The molecule has 0 N–H and O–H groups in total. The summed E-state index contributed by atoms with van der Waals surface area (Å²) in [5, 5.41) is -0.0824. The number of sulfone groups is 1. The van der Waals surface area contributed by atoms with E-state index in [0.29, 0.717) is 0 Å². The molecule has 17 heavy (non-hydrogen) atoms. The van der Waals surface area contributed by atoms with E-state index < -0.39 is 16.0 Å². The van der Waals surface area contributed by atoms with Crippen molar-refractivity contribution in [3.05, 3.63) is 17.3 Å². The van der Waals surface area contributed by atoms with Gasteiger partial charge in [-0.05, 0) is 13.0 Å². The van der Waals surface area contributed by atoms with E-state index in [4.69, 9.17) is 11.6 Å². The lowest BCUT2D eigenvalue weighted by molar-refractivity contribution is 0.102. The molecule has 94 valence electrons. The molecule has 6 nitrogen and oxygen atoms in total. The predicted octanol–water partition coefficient (Wildman–Crippen LogP) is 1.67. The van der Waals surface area contributed by atoms with E-state index in [2.05, 4.69) is 14.5 Å². The Kier molecular flexibility index (Phi) is 4.30. The summed E-state index contributed by atoms with van der Waals surface area (Å²) >= 11 is 5.72. The average molecular weight is 280 g/mol. The molecule has 0 amide bonds. The van der Waals surface area contributed by atoms with Gasteiger partial charge in [-0.1, -0.05) is 11.6 Å². The SMILES string of the molecule is CCOC(=O)Oc1ncc(S(C)(=O)=O)cc1Cl. The van der Waals surface area contributed by atoms with Gasteiger partial charge in [-0.3, -0.25) is 0 Å². The van der Waals surface area contributed by atoms with Crippen LogP contribution in [0.15, 0.2) is 17.2 Å². The van der Waals surface area contributed by atoms with Crippen LogP contribution in [-0.2, 0) is 14.6 Å². The number of pyridine rings is 1. The first-order valence-electron chi connectivity index (χ1n) is 4.54. The van der Waals surface area contributed by atoms with Crippen LogP contribution in [-0.4, -0.2) is 32.4 Å². The highest BCUT2D eigenvalue weighted by atomic mass is 35.5. The molecular formula is C9H10ClNO5S. The molecule has 0 bridgehead atoms. The fourth-order valence-electron chi connectivity index (χ4n) is 0.912. The fraction of sp³-hybridized carbons (Fsp3) is 0.333. The van der Waals surface area contributed by atoms with Crippen LogP contribution >= 0.6 is 11.6 Å². The van der Waals surface area contributed by atoms with Gasteiger partial charge in [0.2, 0.25) is 5.88 Å². The Morgan fingerprint density at radius 3 is 2.65 bits per heavy atom. The molecule has 0 aliphatic rings. The monoisotopic (exact) mass is 279 g/mol. The maximum atomic E-state index is 11.2. The topological polar surface area (TPSA) is 82.6 Å². The van der Waals surface area contributed by atoms with Crippen LogP contribution in [0.1, 0.15) is 6.92 Å². The third kappa shape index (κ3) is 3.86. The first-order chi connectivity index (χ1) is 7.84. The molecule has 0 unspecified atom stereocenters. The Labute approximate surface area is 103 Å². The van der Waals surface area contributed by atoms with Crippen molar-refractivity contribution in [2.45, 2.75) is 11.8 Å². The molecule has 0 aliphatic heterocycles. The third-order valence-corrected chi connectivity index (χ3v) is 3.00. The quantitative estimate of drug-likeness (QED) is 0.783. The largest absolute Gasteiger partial charge is 0.515 e. The smallest absolute Gasteiger partial charge is 0.434 e. The molecule has 1 aromatic heterocycles. The number of aromatic nitrogens is 1. The highest BCUT2D eigenvalue weighted by molar-refractivity contribution is 7.90. The van der Waals surface area contributed by atoms with Gasteiger partial charge in [-0.2, -0.15) is 0 Å². The molecule has 0 spiro atoms. The number of rotatable bonds is 3. The van der Waals surface area contributed by atoms with Crippen molar-refractivity contribution in [3.63, 3.8) is 0 Å². The lowest BCUT2D eigenvalue weighted by Gasteiger charge is -2.05. The van der Waals surface area contributed by atoms with Crippen molar-refractivity contribution in [3.8, 4) is 5.88 Å². The normalized spacial score (nSPS) is 11.0. The predicted molar refractivity (Wildman–Crippen MR) is 60.0 cm³/mol. The summed E-state index contributed by atoms with van der Waals surface area (Å²) in [6.45, 7) is 1.76. The number of carbonyl (C=O) groups excluding carboxylic acids is 1. The van der Waals surface area contributed by atoms with Crippen LogP contribution in [0.3, 0.4) is 0 Å². The Morgan fingerprint density at radius 1 is 1.53 bits per heavy atom. The van der Waals surface area contributed by atoms with Gasteiger partial charge in [0.15, 0.2) is 9.84 Å². The highest BCUT2D eigenvalue weighted by Crippen LogP contribution is 2.24. The van der Waals surface area contributed by atoms with Crippen LogP contribution < -0.4 is 4.74 Å². The zero-order valence-corrected chi connectivity index (χ0v) is 10.7. The minimum Gasteiger partial charge on any atom is -0.434 e. The lowest BCUT2D eigenvalue weighted by Crippen LogP contribution is -2.11. The molecule has 0 aliphatic carbocycles. The number of nitrogens with zero attached hydrogens (tertiary/aromatic N) is 1. The molecule has 8 heteroatoms. The van der Waals surface area contributed by atoms with Crippen LogP contribution in [0.4, 0.5) is 4.79 Å². The van der Waals surface area contributed by atoms with Crippen molar-refractivity contribution in [2.75, 3.05) is 12.9 Å². The van der Waals surface area contributed by atoms with E-state index in [0.717, 1.165) is 18.5 Å². The van der Waals surface area contributed by atoms with E-state index in [9.17, 15) is 13.2 Å². The van der Waals surface area contributed by atoms with Crippen LogP contribution in [0, 0.1) is 0 Å². The van der Waals surface area contributed by atoms with E-state index in [-0.39, 0.29) is 22.4 Å².